The first kappa shape index (κ1) is 21.4. The number of nitrogens with one attached hydrogen (secondary N) is 1. The molecule has 0 bridgehead atoms. The summed E-state index contributed by atoms with van der Waals surface area (Å²) in [5.41, 5.74) is 6.65. The van der Waals surface area contributed by atoms with Gasteiger partial charge >= 0.3 is 0 Å². The van der Waals surface area contributed by atoms with E-state index in [1.165, 1.54) is 4.90 Å². The van der Waals surface area contributed by atoms with Crippen molar-refractivity contribution in [2.75, 3.05) is 17.3 Å². The molecule has 0 atom stereocenters. The van der Waals surface area contributed by atoms with Crippen molar-refractivity contribution in [2.45, 2.75) is 27.7 Å². The average Bonchev–Trinajstić information content (AvgIpc) is 3.00. The summed E-state index contributed by atoms with van der Waals surface area (Å²) in [5, 5.41) is 3.20. The fourth-order valence-corrected chi connectivity index (χ4v) is 3.97. The van der Waals surface area contributed by atoms with Gasteiger partial charge < -0.3 is 10.1 Å². The van der Waals surface area contributed by atoms with E-state index in [-0.39, 0.29) is 17.5 Å². The maximum atomic E-state index is 13.7. The first-order valence-electron chi connectivity index (χ1n) is 10.5. The number of aryl methyl sites for hydroxylation is 4. The normalized spacial score (nSPS) is 13.7. The Bertz CT molecular complexity index is 1270. The van der Waals surface area contributed by atoms with Crippen molar-refractivity contribution in [2.24, 2.45) is 0 Å². The minimum Gasteiger partial charge on any atom is -0.495 e. The Morgan fingerprint density at radius 3 is 2.22 bits per heavy atom. The molecule has 1 N–H and O–H groups in total. The lowest BCUT2D eigenvalue weighted by molar-refractivity contribution is -0.120. The highest BCUT2D eigenvalue weighted by molar-refractivity contribution is 6.46. The molecule has 1 aliphatic heterocycles. The van der Waals surface area contributed by atoms with Crippen molar-refractivity contribution in [3.63, 3.8) is 0 Å². The van der Waals surface area contributed by atoms with E-state index >= 15 is 0 Å². The van der Waals surface area contributed by atoms with E-state index in [1.54, 1.807) is 7.11 Å². The van der Waals surface area contributed by atoms with Crippen LogP contribution in [0.15, 0.2) is 66.4 Å². The van der Waals surface area contributed by atoms with Gasteiger partial charge in [0.25, 0.3) is 11.8 Å². The average molecular weight is 427 g/mol. The third kappa shape index (κ3) is 3.66. The molecule has 2 amide bonds. The van der Waals surface area contributed by atoms with Crippen molar-refractivity contribution in [1.82, 2.24) is 0 Å². The smallest absolute Gasteiger partial charge is 0.282 e. The first-order chi connectivity index (χ1) is 15.3. The second-order valence-corrected chi connectivity index (χ2v) is 8.11. The van der Waals surface area contributed by atoms with Crippen molar-refractivity contribution >= 4 is 28.8 Å². The zero-order valence-electron chi connectivity index (χ0n) is 18.9. The minimum atomic E-state index is -0.390. The zero-order chi connectivity index (χ0) is 23.0. The van der Waals surface area contributed by atoms with Gasteiger partial charge in [-0.1, -0.05) is 42.0 Å². The van der Waals surface area contributed by atoms with Crippen LogP contribution < -0.4 is 15.0 Å². The van der Waals surface area contributed by atoms with Crippen LogP contribution in [-0.2, 0) is 9.59 Å². The van der Waals surface area contributed by atoms with Gasteiger partial charge in [-0.2, -0.15) is 0 Å². The van der Waals surface area contributed by atoms with E-state index < -0.39 is 0 Å². The Labute approximate surface area is 188 Å². The number of carbonyl (C=O) groups is 2. The van der Waals surface area contributed by atoms with Crippen molar-refractivity contribution in [1.29, 1.82) is 0 Å². The number of amides is 2. The van der Waals surface area contributed by atoms with Crippen LogP contribution in [0.4, 0.5) is 11.4 Å². The van der Waals surface area contributed by atoms with E-state index in [4.69, 9.17) is 4.74 Å². The van der Waals surface area contributed by atoms with Gasteiger partial charge in [0, 0.05) is 0 Å². The molecule has 4 rings (SSSR count). The maximum Gasteiger partial charge on any atom is 0.282 e. The molecule has 3 aromatic carbocycles. The van der Waals surface area contributed by atoms with Crippen molar-refractivity contribution in [3.8, 4) is 5.75 Å². The molecule has 0 saturated carbocycles. The van der Waals surface area contributed by atoms with Gasteiger partial charge in [-0.3, -0.25) is 9.59 Å². The molecule has 3 aromatic rings. The summed E-state index contributed by atoms with van der Waals surface area (Å²) in [4.78, 5) is 28.6. The van der Waals surface area contributed by atoms with Crippen LogP contribution in [0.5, 0.6) is 5.75 Å². The molecule has 32 heavy (non-hydrogen) atoms. The van der Waals surface area contributed by atoms with E-state index in [1.807, 2.05) is 88.4 Å². The van der Waals surface area contributed by atoms with Gasteiger partial charge in [0.1, 0.15) is 11.4 Å². The molecule has 0 aromatic heterocycles. The van der Waals surface area contributed by atoms with E-state index in [9.17, 15) is 9.59 Å². The highest BCUT2D eigenvalue weighted by atomic mass is 16.5. The number of hydrogen-bond acceptors (Lipinski definition) is 4. The fourth-order valence-electron chi connectivity index (χ4n) is 3.97. The summed E-state index contributed by atoms with van der Waals surface area (Å²) < 4.78 is 5.44. The Morgan fingerprint density at radius 1 is 0.781 bits per heavy atom. The Balaban J connectivity index is 1.88. The maximum absolute atomic E-state index is 13.7. The van der Waals surface area contributed by atoms with Gasteiger partial charge in [0.05, 0.1) is 24.1 Å². The van der Waals surface area contributed by atoms with Crippen LogP contribution in [0.3, 0.4) is 0 Å². The number of ether oxygens (including phenoxy) is 1. The number of methoxy groups -OCH3 is 1. The van der Waals surface area contributed by atoms with E-state index in [0.717, 1.165) is 27.8 Å². The van der Waals surface area contributed by atoms with Gasteiger partial charge in [0.15, 0.2) is 0 Å². The summed E-state index contributed by atoms with van der Waals surface area (Å²) in [6, 6.07) is 18.8. The summed E-state index contributed by atoms with van der Waals surface area (Å²) >= 11 is 0. The molecule has 162 valence electrons. The summed E-state index contributed by atoms with van der Waals surface area (Å²) in [7, 11) is 1.57. The summed E-state index contributed by atoms with van der Waals surface area (Å²) in [5.74, 6) is -0.147. The topological polar surface area (TPSA) is 58.6 Å². The van der Waals surface area contributed by atoms with Gasteiger partial charge in [0.2, 0.25) is 0 Å². The van der Waals surface area contributed by atoms with Crippen LogP contribution in [-0.4, -0.2) is 18.9 Å². The number of rotatable bonds is 5. The second kappa shape index (κ2) is 8.35. The number of hydrogen-bond donors (Lipinski definition) is 1. The molecule has 0 radical (unpaired) electrons. The van der Waals surface area contributed by atoms with Crippen molar-refractivity contribution in [3.05, 3.63) is 94.2 Å². The molecule has 5 nitrogen and oxygen atoms in total. The lowest BCUT2D eigenvalue weighted by Crippen LogP contribution is -2.32. The van der Waals surface area contributed by atoms with Crippen LogP contribution in [0, 0.1) is 27.7 Å². The Hall–Kier alpha value is -3.86. The number of carbonyl (C=O) groups excluding carboxylic acids is 2. The predicted octanol–water partition coefficient (Wildman–Crippen LogP) is 5.33. The molecular weight excluding hydrogens is 400 g/mol. The third-order valence-corrected chi connectivity index (χ3v) is 5.85. The van der Waals surface area contributed by atoms with Crippen LogP contribution in [0.1, 0.15) is 27.8 Å². The Morgan fingerprint density at radius 2 is 1.53 bits per heavy atom. The molecule has 0 unspecified atom stereocenters. The largest absolute Gasteiger partial charge is 0.495 e. The molecular formula is C27H26N2O3. The zero-order valence-corrected chi connectivity index (χ0v) is 18.9. The quantitative estimate of drug-likeness (QED) is 0.561. The van der Waals surface area contributed by atoms with Crippen LogP contribution in [0.25, 0.3) is 5.57 Å². The highest BCUT2D eigenvalue weighted by Crippen LogP contribution is 2.37. The lowest BCUT2D eigenvalue weighted by atomic mass is 9.97. The summed E-state index contributed by atoms with van der Waals surface area (Å²) in [6.07, 6.45) is 0. The lowest BCUT2D eigenvalue weighted by Gasteiger charge is -2.17. The molecule has 0 spiro atoms. The fraction of sp³-hybridized carbons (Fsp3) is 0.185. The number of anilines is 2. The summed E-state index contributed by atoms with van der Waals surface area (Å²) in [6.45, 7) is 7.92. The molecule has 5 heteroatoms. The van der Waals surface area contributed by atoms with E-state index in [0.29, 0.717) is 22.7 Å². The van der Waals surface area contributed by atoms with Gasteiger partial charge in [-0.25, -0.2) is 4.90 Å². The molecule has 0 fully saturated rings. The number of nitrogens with zero attached hydrogens (tertiary/aromatic N) is 1. The van der Waals surface area contributed by atoms with Crippen LogP contribution >= 0.6 is 0 Å². The molecule has 1 aliphatic rings. The number of benzene rings is 3. The molecule has 0 aliphatic carbocycles. The monoisotopic (exact) mass is 426 g/mol. The molecule has 1 heterocycles. The third-order valence-electron chi connectivity index (χ3n) is 5.85. The van der Waals surface area contributed by atoms with E-state index in [2.05, 4.69) is 5.32 Å². The highest BCUT2D eigenvalue weighted by Gasteiger charge is 2.41. The minimum absolute atomic E-state index is 0.240. The predicted molar refractivity (Wildman–Crippen MR) is 128 cm³/mol. The second-order valence-electron chi connectivity index (χ2n) is 8.11. The number of para-hydroxylation sites is 2. The Kier molecular flexibility index (Phi) is 5.57. The standard InChI is InChI=1S/C27H26N2O3/c1-16-10-13-21(19(4)14-16)24-25(28-22-8-6-7-9-23(22)32-5)27(31)29(26(24)30)20-12-11-17(2)18(3)15-20/h6-15,28H,1-5H3. The first-order valence-corrected chi connectivity index (χ1v) is 10.5. The van der Waals surface area contributed by atoms with Gasteiger partial charge in [-0.15, -0.1) is 0 Å². The SMILES string of the molecule is COc1ccccc1NC1=C(c2ccc(C)cc2C)C(=O)N(c2ccc(C)c(C)c2)C1=O. The van der Waals surface area contributed by atoms with Gasteiger partial charge in [-0.05, 0) is 74.2 Å². The van der Waals surface area contributed by atoms with Crippen LogP contribution in [0.2, 0.25) is 0 Å². The molecule has 0 saturated heterocycles. The van der Waals surface area contributed by atoms with Crippen molar-refractivity contribution < 1.29 is 14.3 Å². The number of imide groups is 1.